The first kappa shape index (κ1) is 22.7. The lowest BCUT2D eigenvalue weighted by atomic mass is 10.0. The van der Waals surface area contributed by atoms with Crippen LogP contribution < -0.4 is 15.6 Å². The molecule has 0 unspecified atom stereocenters. The Morgan fingerprint density at radius 3 is 1.81 bits per heavy atom. The van der Waals surface area contributed by atoms with Crippen LogP contribution in [0.3, 0.4) is 0 Å². The van der Waals surface area contributed by atoms with E-state index in [4.69, 9.17) is 14.7 Å². The number of rotatable bonds is 6. The van der Waals surface area contributed by atoms with E-state index in [0.717, 1.165) is 22.5 Å². The van der Waals surface area contributed by atoms with E-state index in [1.54, 1.807) is 30.3 Å². The third kappa shape index (κ3) is 5.20. The van der Waals surface area contributed by atoms with Gasteiger partial charge >= 0.3 is 0 Å². The SMILES string of the molecule is O=C(COc1ccccc1)NNC(=O)c1ccc2nc(-c3ccccc3)c(-c3ccccc3)nc2c1. The van der Waals surface area contributed by atoms with Crippen molar-refractivity contribution in [3.63, 3.8) is 0 Å². The van der Waals surface area contributed by atoms with E-state index in [1.165, 1.54) is 0 Å². The Kier molecular flexibility index (Phi) is 6.62. The molecule has 4 aromatic carbocycles. The number of carbonyl (C=O) groups is 2. The van der Waals surface area contributed by atoms with Crippen molar-refractivity contribution in [1.29, 1.82) is 0 Å². The lowest BCUT2D eigenvalue weighted by molar-refractivity contribution is -0.123. The summed E-state index contributed by atoms with van der Waals surface area (Å²) >= 11 is 0. The number of amides is 2. The normalized spacial score (nSPS) is 10.6. The molecule has 0 atom stereocenters. The Balaban J connectivity index is 1.37. The van der Waals surface area contributed by atoms with Crippen LogP contribution in [0, 0.1) is 0 Å². The molecule has 0 aliphatic rings. The number of ether oxygens (including phenoxy) is 1. The van der Waals surface area contributed by atoms with E-state index in [9.17, 15) is 9.59 Å². The van der Waals surface area contributed by atoms with E-state index in [-0.39, 0.29) is 6.61 Å². The molecule has 7 nitrogen and oxygen atoms in total. The summed E-state index contributed by atoms with van der Waals surface area (Å²) in [4.78, 5) is 34.5. The smallest absolute Gasteiger partial charge is 0.276 e. The first-order valence-electron chi connectivity index (χ1n) is 11.4. The largest absolute Gasteiger partial charge is 0.484 e. The second kappa shape index (κ2) is 10.5. The number of para-hydroxylation sites is 1. The maximum Gasteiger partial charge on any atom is 0.276 e. The fraction of sp³-hybridized carbons (Fsp3) is 0.0345. The van der Waals surface area contributed by atoms with Crippen molar-refractivity contribution in [3.05, 3.63) is 115 Å². The van der Waals surface area contributed by atoms with E-state index in [0.29, 0.717) is 22.3 Å². The number of hydrazine groups is 1. The zero-order valence-electron chi connectivity index (χ0n) is 19.2. The van der Waals surface area contributed by atoms with Crippen LogP contribution in [-0.2, 0) is 4.79 Å². The van der Waals surface area contributed by atoms with Crippen LogP contribution in [0.25, 0.3) is 33.5 Å². The van der Waals surface area contributed by atoms with Gasteiger partial charge in [0.25, 0.3) is 11.8 Å². The number of nitrogens with zero attached hydrogens (tertiary/aromatic N) is 2. The van der Waals surface area contributed by atoms with Crippen molar-refractivity contribution in [3.8, 4) is 28.3 Å². The van der Waals surface area contributed by atoms with Crippen LogP contribution in [0.1, 0.15) is 10.4 Å². The van der Waals surface area contributed by atoms with Gasteiger partial charge in [-0.3, -0.25) is 20.4 Å². The average molecular weight is 475 g/mol. The van der Waals surface area contributed by atoms with Crippen molar-refractivity contribution < 1.29 is 14.3 Å². The number of hydrogen-bond donors (Lipinski definition) is 2. The first-order valence-corrected chi connectivity index (χ1v) is 11.4. The predicted octanol–water partition coefficient (Wildman–Crippen LogP) is 4.80. The number of fused-ring (bicyclic) bond motifs is 1. The van der Waals surface area contributed by atoms with E-state index >= 15 is 0 Å². The molecule has 176 valence electrons. The third-order valence-corrected chi connectivity index (χ3v) is 5.45. The van der Waals surface area contributed by atoms with Gasteiger partial charge in [0.1, 0.15) is 5.75 Å². The predicted molar refractivity (Wildman–Crippen MR) is 138 cm³/mol. The molecule has 0 aliphatic carbocycles. The number of carbonyl (C=O) groups excluding carboxylic acids is 2. The summed E-state index contributed by atoms with van der Waals surface area (Å²) in [7, 11) is 0. The third-order valence-electron chi connectivity index (χ3n) is 5.45. The summed E-state index contributed by atoms with van der Waals surface area (Å²) in [5, 5.41) is 0. The minimum atomic E-state index is -0.480. The molecule has 0 radical (unpaired) electrons. The Morgan fingerprint density at radius 2 is 1.19 bits per heavy atom. The van der Waals surface area contributed by atoms with E-state index < -0.39 is 11.8 Å². The maximum absolute atomic E-state index is 12.7. The van der Waals surface area contributed by atoms with E-state index in [1.807, 2.05) is 78.9 Å². The fourth-order valence-electron chi connectivity index (χ4n) is 3.69. The monoisotopic (exact) mass is 474 g/mol. The number of aromatic nitrogens is 2. The second-order valence-electron chi connectivity index (χ2n) is 7.96. The van der Waals surface area contributed by atoms with Gasteiger partial charge in [-0.2, -0.15) is 0 Å². The topological polar surface area (TPSA) is 93.2 Å². The van der Waals surface area contributed by atoms with Crippen molar-refractivity contribution in [2.24, 2.45) is 0 Å². The molecule has 7 heteroatoms. The highest BCUT2D eigenvalue weighted by molar-refractivity contribution is 5.99. The summed E-state index contributed by atoms with van der Waals surface area (Å²) in [5.74, 6) is -0.386. The van der Waals surface area contributed by atoms with Gasteiger partial charge in [0.15, 0.2) is 6.61 Å². The van der Waals surface area contributed by atoms with Gasteiger partial charge in [0.05, 0.1) is 22.4 Å². The molecule has 0 aliphatic heterocycles. The Bertz CT molecular complexity index is 1510. The van der Waals surface area contributed by atoms with Gasteiger partial charge in [-0.25, -0.2) is 9.97 Å². The summed E-state index contributed by atoms with van der Waals surface area (Å²) in [5.41, 5.74) is 9.71. The quantitative estimate of drug-likeness (QED) is 0.345. The summed E-state index contributed by atoms with van der Waals surface area (Å²) in [6.45, 7) is -0.226. The summed E-state index contributed by atoms with van der Waals surface area (Å²) in [6.07, 6.45) is 0. The molecule has 1 aromatic heterocycles. The highest BCUT2D eigenvalue weighted by Gasteiger charge is 2.15. The van der Waals surface area contributed by atoms with Gasteiger partial charge in [0, 0.05) is 16.7 Å². The van der Waals surface area contributed by atoms with Crippen LogP contribution in [0.15, 0.2) is 109 Å². The van der Waals surface area contributed by atoms with E-state index in [2.05, 4.69) is 10.9 Å². The molecule has 0 fully saturated rings. The van der Waals surface area contributed by atoms with Gasteiger partial charge in [0.2, 0.25) is 0 Å². The number of hydrogen-bond acceptors (Lipinski definition) is 5. The Morgan fingerprint density at radius 1 is 0.639 bits per heavy atom. The van der Waals surface area contributed by atoms with Crippen LogP contribution in [0.4, 0.5) is 0 Å². The molecule has 0 saturated heterocycles. The minimum absolute atomic E-state index is 0.226. The highest BCUT2D eigenvalue weighted by atomic mass is 16.5. The zero-order valence-corrected chi connectivity index (χ0v) is 19.2. The summed E-state index contributed by atoms with van der Waals surface area (Å²) < 4.78 is 5.38. The lowest BCUT2D eigenvalue weighted by Gasteiger charge is -2.12. The molecule has 0 saturated carbocycles. The van der Waals surface area contributed by atoms with Gasteiger partial charge in [-0.1, -0.05) is 78.9 Å². The highest BCUT2D eigenvalue weighted by Crippen LogP contribution is 2.31. The van der Waals surface area contributed by atoms with Crippen molar-refractivity contribution >= 4 is 22.8 Å². The van der Waals surface area contributed by atoms with Gasteiger partial charge in [-0.05, 0) is 30.3 Å². The molecule has 0 spiro atoms. The molecule has 5 aromatic rings. The van der Waals surface area contributed by atoms with Gasteiger partial charge in [-0.15, -0.1) is 0 Å². The Hall–Kier alpha value is -5.04. The fourth-order valence-corrected chi connectivity index (χ4v) is 3.69. The van der Waals surface area contributed by atoms with Crippen LogP contribution in [-0.4, -0.2) is 28.4 Å². The molecule has 0 bridgehead atoms. The maximum atomic E-state index is 12.7. The van der Waals surface area contributed by atoms with Crippen LogP contribution in [0.5, 0.6) is 5.75 Å². The number of nitrogens with one attached hydrogen (secondary N) is 2. The van der Waals surface area contributed by atoms with Crippen LogP contribution >= 0.6 is 0 Å². The average Bonchev–Trinajstić information content (AvgIpc) is 2.95. The number of benzene rings is 4. The molecular formula is C29H22N4O3. The molecule has 36 heavy (non-hydrogen) atoms. The Labute approximate surface area is 207 Å². The second-order valence-corrected chi connectivity index (χ2v) is 7.96. The molecule has 2 N–H and O–H groups in total. The van der Waals surface area contributed by atoms with Crippen molar-refractivity contribution in [2.45, 2.75) is 0 Å². The van der Waals surface area contributed by atoms with Crippen LogP contribution in [0.2, 0.25) is 0 Å². The first-order chi connectivity index (χ1) is 17.7. The van der Waals surface area contributed by atoms with Gasteiger partial charge < -0.3 is 4.74 Å². The molecule has 5 rings (SSSR count). The van der Waals surface area contributed by atoms with Crippen molar-refractivity contribution in [2.75, 3.05) is 6.61 Å². The standard InChI is InChI=1S/C29H22N4O3/c34-26(19-36-23-14-8-3-9-15-23)32-33-29(35)22-16-17-24-25(18-22)31-28(21-12-6-2-7-13-21)27(30-24)20-10-4-1-5-11-20/h1-18H,19H2,(H,32,34)(H,33,35). The molecule has 1 heterocycles. The van der Waals surface area contributed by atoms with Crippen molar-refractivity contribution in [1.82, 2.24) is 20.8 Å². The zero-order chi connectivity index (χ0) is 24.7. The summed E-state index contributed by atoms with van der Waals surface area (Å²) in [6, 6.07) is 33.7. The molecule has 2 amide bonds. The lowest BCUT2D eigenvalue weighted by Crippen LogP contribution is -2.43. The minimum Gasteiger partial charge on any atom is -0.484 e. The molecular weight excluding hydrogens is 452 g/mol.